The predicted molar refractivity (Wildman–Crippen MR) is 228 cm³/mol. The van der Waals surface area contributed by atoms with Gasteiger partial charge in [0.05, 0.1) is 23.0 Å². The number of hydrogen-bond donors (Lipinski definition) is 0. The molecule has 2 heterocycles. The molecule has 0 unspecified atom stereocenters. The Morgan fingerprint density at radius 3 is 1.40 bits per heavy atom. The molecule has 8 rings (SSSR count). The first-order chi connectivity index (χ1) is 25.4. The Bertz CT molecular complexity index is 2510. The molecule has 2 nitrogen and oxygen atoms in total. The Kier molecular flexibility index (Phi) is 12.7. The average molecular weight is 833 g/mol. The molecule has 53 heavy (non-hydrogen) atoms. The fraction of sp³-hybridized carbons (Fsp3) is 0.191. The van der Waals surface area contributed by atoms with Crippen LogP contribution in [0, 0.1) is 34.6 Å². The molecule has 0 aliphatic carbocycles. The molecule has 0 aliphatic rings. The van der Waals surface area contributed by atoms with Crippen molar-refractivity contribution in [2.45, 2.75) is 61.1 Å². The maximum atomic E-state index is 5.95. The van der Waals surface area contributed by atoms with E-state index in [-0.39, 0.29) is 5.43 Å². The van der Waals surface area contributed by atoms with Gasteiger partial charge in [0.25, 0.3) is 0 Å². The SMILES string of the molecule is CCc1ccc(-c2cc3c(-c4ccccc4)c(C)c(C)cc3[cH-]2)o1.C[Si](C)=[Zr]([Cl])[Cl].Cc1ccc(-c2cc3c(-c4ccccc4)c(C)c(C)cc3[cH-]2)o1. The average Bonchev–Trinajstić information content (AvgIpc) is 3.97. The van der Waals surface area contributed by atoms with Gasteiger partial charge in [-0.3, -0.25) is 0 Å². The van der Waals surface area contributed by atoms with Gasteiger partial charge in [0.1, 0.15) is 0 Å². The zero-order valence-corrected chi connectivity index (χ0v) is 36.8. The van der Waals surface area contributed by atoms with Crippen molar-refractivity contribution in [2.75, 3.05) is 0 Å². The number of aryl methyl sites for hydroxylation is 4. The number of fused-ring (bicyclic) bond motifs is 2. The van der Waals surface area contributed by atoms with Gasteiger partial charge in [-0.25, -0.2) is 0 Å². The van der Waals surface area contributed by atoms with Crippen molar-refractivity contribution >= 4 is 44.0 Å². The second-order valence-corrected chi connectivity index (χ2v) is 36.9. The molecular weight excluding hydrogens is 787 g/mol. The summed E-state index contributed by atoms with van der Waals surface area (Å²) in [6.07, 6.45) is 0.924. The van der Waals surface area contributed by atoms with E-state index in [4.69, 9.17) is 25.9 Å². The van der Waals surface area contributed by atoms with Crippen LogP contribution in [-0.4, -0.2) is 5.43 Å². The first-order valence-electron chi connectivity index (χ1n) is 18.1. The fourth-order valence-electron chi connectivity index (χ4n) is 6.76. The molecular formula is C47H46Cl2O2SiZr-2. The molecule has 270 valence electrons. The third-order valence-electron chi connectivity index (χ3n) is 9.88. The van der Waals surface area contributed by atoms with Crippen LogP contribution >= 0.6 is 17.0 Å². The quantitative estimate of drug-likeness (QED) is 0.128. The molecule has 0 amide bonds. The van der Waals surface area contributed by atoms with E-state index < -0.39 is 18.0 Å². The molecule has 2 aromatic heterocycles. The molecule has 0 radical (unpaired) electrons. The summed E-state index contributed by atoms with van der Waals surface area (Å²) in [5, 5.41) is 5.15. The molecule has 0 spiro atoms. The van der Waals surface area contributed by atoms with Crippen LogP contribution in [-0.2, 0) is 24.4 Å². The van der Waals surface area contributed by atoms with E-state index in [2.05, 4.69) is 157 Å². The second kappa shape index (κ2) is 17.2. The van der Waals surface area contributed by atoms with Gasteiger partial charge in [0.15, 0.2) is 0 Å². The maximum Gasteiger partial charge on any atom is 0.0896 e. The Balaban J connectivity index is 0.000000158. The van der Waals surface area contributed by atoms with Gasteiger partial charge in [0.2, 0.25) is 0 Å². The third kappa shape index (κ3) is 8.84. The number of furan rings is 2. The summed E-state index contributed by atoms with van der Waals surface area (Å²) in [5.41, 5.74) is 12.6. The number of halogens is 2. The van der Waals surface area contributed by atoms with Crippen LogP contribution in [0.1, 0.15) is 40.7 Å². The minimum absolute atomic E-state index is 0.224. The molecule has 0 fully saturated rings. The van der Waals surface area contributed by atoms with Crippen LogP contribution in [0.15, 0.2) is 130 Å². The Labute approximate surface area is 329 Å². The van der Waals surface area contributed by atoms with Crippen molar-refractivity contribution in [1.82, 2.24) is 0 Å². The van der Waals surface area contributed by atoms with Crippen LogP contribution in [0.25, 0.3) is 66.4 Å². The molecule has 0 saturated heterocycles. The van der Waals surface area contributed by atoms with E-state index in [1.165, 1.54) is 66.1 Å². The van der Waals surface area contributed by atoms with Crippen molar-refractivity contribution < 1.29 is 26.8 Å². The van der Waals surface area contributed by atoms with E-state index in [1.807, 2.05) is 19.1 Å². The summed E-state index contributed by atoms with van der Waals surface area (Å²) >= 11 is -1.65. The van der Waals surface area contributed by atoms with Gasteiger partial charge >= 0.3 is 53.5 Å². The van der Waals surface area contributed by atoms with E-state index in [9.17, 15) is 0 Å². The maximum absolute atomic E-state index is 5.95. The van der Waals surface area contributed by atoms with Crippen molar-refractivity contribution in [1.29, 1.82) is 0 Å². The summed E-state index contributed by atoms with van der Waals surface area (Å²) in [6.45, 7) is 17.2. The van der Waals surface area contributed by atoms with Gasteiger partial charge < -0.3 is 8.83 Å². The molecule has 0 atom stereocenters. The first-order valence-corrected chi connectivity index (χ1v) is 30.6. The summed E-state index contributed by atoms with van der Waals surface area (Å²) in [7, 11) is 11.2. The second-order valence-electron chi connectivity index (χ2n) is 13.9. The third-order valence-corrected chi connectivity index (χ3v) is 29.6. The van der Waals surface area contributed by atoms with Crippen molar-refractivity contribution in [3.05, 3.63) is 155 Å². The van der Waals surface area contributed by atoms with E-state index in [0.717, 1.165) is 40.6 Å². The van der Waals surface area contributed by atoms with Crippen molar-refractivity contribution in [3.8, 4) is 44.9 Å². The molecule has 6 heteroatoms. The standard InChI is InChI=1S/C23H21O.C22H19O.C2H6Si.2ClH.Zr/c1-4-20-10-11-22(24-20)19-13-18-12-15(2)16(3)23(21(18)14-19)17-8-6-5-7-9-17;1-14-11-18-12-19(21-10-9-15(2)23-21)13-20(18)22(16(14)3)17-7-5-4-6-8-17;1-3-2;;;/h5-14H,4H2,1-3H3;4-13H,1-3H3;1-2H3;2*1H;/q2*-1;;;;+2/p-2. The minimum atomic E-state index is -1.65. The first kappa shape index (κ1) is 39.0. The Hall–Kier alpha value is -3.66. The van der Waals surface area contributed by atoms with Crippen LogP contribution in [0.5, 0.6) is 0 Å². The van der Waals surface area contributed by atoms with Gasteiger partial charge in [-0.05, 0) is 81.1 Å². The van der Waals surface area contributed by atoms with Crippen LogP contribution in [0.2, 0.25) is 13.1 Å². The zero-order chi connectivity index (χ0) is 37.8. The van der Waals surface area contributed by atoms with Gasteiger partial charge in [-0.1, -0.05) is 101 Å². The molecule has 6 aromatic carbocycles. The van der Waals surface area contributed by atoms with Crippen LogP contribution in [0.3, 0.4) is 0 Å². The Morgan fingerprint density at radius 1 is 0.585 bits per heavy atom. The van der Waals surface area contributed by atoms with Crippen LogP contribution < -0.4 is 0 Å². The number of rotatable bonds is 5. The summed E-state index contributed by atoms with van der Waals surface area (Å²) in [5.74, 6) is 3.87. The van der Waals surface area contributed by atoms with E-state index in [1.54, 1.807) is 0 Å². The topological polar surface area (TPSA) is 26.3 Å². The van der Waals surface area contributed by atoms with Crippen molar-refractivity contribution in [3.63, 3.8) is 0 Å². The number of benzene rings is 4. The summed E-state index contributed by atoms with van der Waals surface area (Å²) < 4.78 is 11.8. The van der Waals surface area contributed by atoms with Gasteiger partial charge in [0, 0.05) is 6.42 Å². The van der Waals surface area contributed by atoms with Gasteiger partial charge in [-0.15, -0.1) is 57.9 Å². The van der Waals surface area contributed by atoms with Crippen molar-refractivity contribution in [2.24, 2.45) is 0 Å². The molecule has 0 bridgehead atoms. The molecule has 0 saturated carbocycles. The van der Waals surface area contributed by atoms with Crippen LogP contribution in [0.4, 0.5) is 0 Å². The predicted octanol–water partition coefficient (Wildman–Crippen LogP) is 15.2. The van der Waals surface area contributed by atoms with Gasteiger partial charge in [-0.2, -0.15) is 0 Å². The fourth-order valence-corrected chi connectivity index (χ4v) is 6.76. The minimum Gasteiger partial charge on any atom is -0.496 e. The van der Waals surface area contributed by atoms with E-state index in [0.29, 0.717) is 0 Å². The zero-order valence-electron chi connectivity index (χ0n) is 31.8. The molecule has 8 aromatic rings. The summed E-state index contributed by atoms with van der Waals surface area (Å²) in [6, 6.07) is 43.0. The largest absolute Gasteiger partial charge is 0.496 e. The molecule has 0 aliphatic heterocycles. The monoisotopic (exact) mass is 830 g/mol. The smallest absolute Gasteiger partial charge is 0.0896 e. The van der Waals surface area contributed by atoms with E-state index >= 15 is 0 Å². The Morgan fingerprint density at radius 2 is 1.02 bits per heavy atom. The normalized spacial score (nSPS) is 10.9. The summed E-state index contributed by atoms with van der Waals surface area (Å²) in [4.78, 5) is 0. The molecule has 0 N–H and O–H groups in total. The number of hydrogen-bond acceptors (Lipinski definition) is 2.